The van der Waals surface area contributed by atoms with Crippen LogP contribution >= 0.6 is 0 Å². The molecule has 0 heterocycles. The van der Waals surface area contributed by atoms with Gasteiger partial charge in [0.25, 0.3) is 0 Å². The van der Waals surface area contributed by atoms with E-state index in [4.69, 9.17) is 9.84 Å². The number of carbonyl (C=O) groups is 1. The van der Waals surface area contributed by atoms with Gasteiger partial charge >= 0.3 is 5.97 Å². The summed E-state index contributed by atoms with van der Waals surface area (Å²) >= 11 is 0. The highest BCUT2D eigenvalue weighted by Crippen LogP contribution is 2.23. The fourth-order valence-electron chi connectivity index (χ4n) is 1.81. The average Bonchev–Trinajstić information content (AvgIpc) is 2.37. The third kappa shape index (κ3) is 2.93. The topological polar surface area (TPSA) is 46.5 Å². The van der Waals surface area contributed by atoms with Crippen LogP contribution in [0.4, 0.5) is 8.78 Å². The Balaban J connectivity index is 2.23. The minimum absolute atomic E-state index is 0.0375. The molecular weight excluding hydrogens is 266 g/mol. The van der Waals surface area contributed by atoms with E-state index >= 15 is 0 Å². The molecule has 0 aliphatic heterocycles. The number of benzene rings is 2. The molecule has 0 saturated carbocycles. The third-order valence-corrected chi connectivity index (χ3v) is 2.88. The molecule has 2 aromatic carbocycles. The maximum Gasteiger partial charge on any atom is 0.342 e. The monoisotopic (exact) mass is 278 g/mol. The van der Waals surface area contributed by atoms with Crippen LogP contribution < -0.4 is 4.74 Å². The molecule has 0 unspecified atom stereocenters. The van der Waals surface area contributed by atoms with Crippen molar-refractivity contribution in [3.63, 3.8) is 0 Å². The van der Waals surface area contributed by atoms with Crippen molar-refractivity contribution in [1.29, 1.82) is 0 Å². The molecule has 2 rings (SSSR count). The smallest absolute Gasteiger partial charge is 0.342 e. The van der Waals surface area contributed by atoms with Crippen molar-refractivity contribution >= 4 is 5.97 Å². The molecule has 3 nitrogen and oxygen atoms in total. The quantitative estimate of drug-likeness (QED) is 0.930. The standard InChI is InChI=1S/C15H12F2O3/c1-9-7-11(16)6-5-10(9)8-20-13-4-2-3-12(17)14(13)15(18)19/h2-7H,8H2,1H3,(H,18,19). The van der Waals surface area contributed by atoms with Gasteiger partial charge in [-0.05, 0) is 42.3 Å². The van der Waals surface area contributed by atoms with Crippen LogP contribution in [0.3, 0.4) is 0 Å². The van der Waals surface area contributed by atoms with Crippen LogP contribution in [-0.4, -0.2) is 11.1 Å². The summed E-state index contributed by atoms with van der Waals surface area (Å²) in [5.41, 5.74) is 0.873. The lowest BCUT2D eigenvalue weighted by Gasteiger charge is -2.11. The summed E-state index contributed by atoms with van der Waals surface area (Å²) in [6, 6.07) is 7.99. The Morgan fingerprint density at radius 3 is 2.65 bits per heavy atom. The number of aryl methyl sites for hydroxylation is 1. The number of rotatable bonds is 4. The highest BCUT2D eigenvalue weighted by atomic mass is 19.1. The Bertz CT molecular complexity index is 654. The molecule has 0 bridgehead atoms. The van der Waals surface area contributed by atoms with Crippen LogP contribution in [0.2, 0.25) is 0 Å². The summed E-state index contributed by atoms with van der Waals surface area (Å²) < 4.78 is 31.8. The second-order valence-electron chi connectivity index (χ2n) is 4.28. The van der Waals surface area contributed by atoms with Crippen molar-refractivity contribution in [3.05, 3.63) is 64.7 Å². The SMILES string of the molecule is Cc1cc(F)ccc1COc1cccc(F)c1C(=O)O. The van der Waals surface area contributed by atoms with Crippen LogP contribution in [0.1, 0.15) is 21.5 Å². The highest BCUT2D eigenvalue weighted by Gasteiger charge is 2.17. The Hall–Kier alpha value is -2.43. The predicted molar refractivity (Wildman–Crippen MR) is 68.8 cm³/mol. The minimum atomic E-state index is -1.39. The van der Waals surface area contributed by atoms with E-state index in [0.29, 0.717) is 11.1 Å². The number of ether oxygens (including phenoxy) is 1. The van der Waals surface area contributed by atoms with E-state index < -0.39 is 17.3 Å². The highest BCUT2D eigenvalue weighted by molar-refractivity contribution is 5.91. The maximum atomic E-state index is 13.4. The van der Waals surface area contributed by atoms with Crippen LogP contribution in [0.25, 0.3) is 0 Å². The summed E-state index contributed by atoms with van der Waals surface area (Å²) in [4.78, 5) is 11.0. The Morgan fingerprint density at radius 2 is 2.00 bits per heavy atom. The first-order chi connectivity index (χ1) is 9.49. The number of carboxylic acids is 1. The predicted octanol–water partition coefficient (Wildman–Crippen LogP) is 3.55. The van der Waals surface area contributed by atoms with E-state index in [0.717, 1.165) is 6.07 Å². The van der Waals surface area contributed by atoms with Crippen molar-refractivity contribution in [3.8, 4) is 5.75 Å². The molecule has 0 fully saturated rings. The van der Waals surface area contributed by atoms with Gasteiger partial charge in [0, 0.05) is 0 Å². The van der Waals surface area contributed by atoms with E-state index in [1.165, 1.54) is 24.3 Å². The summed E-state index contributed by atoms with van der Waals surface area (Å²) in [6.07, 6.45) is 0. The number of halogens is 2. The Labute approximate surface area is 114 Å². The molecule has 20 heavy (non-hydrogen) atoms. The Kier molecular flexibility index (Phi) is 3.98. The van der Waals surface area contributed by atoms with Gasteiger partial charge in [0.15, 0.2) is 0 Å². The number of carboxylic acid groups (broad SMARTS) is 1. The zero-order valence-electron chi connectivity index (χ0n) is 10.7. The number of aromatic carboxylic acids is 1. The normalized spacial score (nSPS) is 10.3. The molecule has 0 aliphatic carbocycles. The fraction of sp³-hybridized carbons (Fsp3) is 0.133. The first-order valence-corrected chi connectivity index (χ1v) is 5.88. The number of hydrogen-bond donors (Lipinski definition) is 1. The van der Waals surface area contributed by atoms with Gasteiger partial charge in [0.1, 0.15) is 29.6 Å². The first-order valence-electron chi connectivity index (χ1n) is 5.88. The maximum absolute atomic E-state index is 13.4. The molecule has 0 atom stereocenters. The average molecular weight is 278 g/mol. The van der Waals surface area contributed by atoms with Gasteiger partial charge < -0.3 is 9.84 Å². The lowest BCUT2D eigenvalue weighted by atomic mass is 10.1. The minimum Gasteiger partial charge on any atom is -0.488 e. The summed E-state index contributed by atoms with van der Waals surface area (Å²) in [5, 5.41) is 8.97. The van der Waals surface area contributed by atoms with Gasteiger partial charge in [-0.25, -0.2) is 13.6 Å². The van der Waals surface area contributed by atoms with Crippen LogP contribution in [0, 0.1) is 18.6 Å². The second kappa shape index (κ2) is 5.69. The molecule has 0 aromatic heterocycles. The van der Waals surface area contributed by atoms with Crippen LogP contribution in [-0.2, 0) is 6.61 Å². The lowest BCUT2D eigenvalue weighted by molar-refractivity contribution is 0.0686. The summed E-state index contributed by atoms with van der Waals surface area (Å²) in [5.74, 6) is -2.66. The molecule has 0 radical (unpaired) electrons. The lowest BCUT2D eigenvalue weighted by Crippen LogP contribution is -2.06. The largest absolute Gasteiger partial charge is 0.488 e. The zero-order chi connectivity index (χ0) is 14.7. The molecule has 0 aliphatic rings. The van der Waals surface area contributed by atoms with Gasteiger partial charge in [-0.3, -0.25) is 0 Å². The molecule has 5 heteroatoms. The molecule has 2 aromatic rings. The molecular formula is C15H12F2O3. The van der Waals surface area contributed by atoms with E-state index in [1.54, 1.807) is 13.0 Å². The van der Waals surface area contributed by atoms with E-state index in [2.05, 4.69) is 0 Å². The van der Waals surface area contributed by atoms with Gasteiger partial charge in [-0.15, -0.1) is 0 Å². The van der Waals surface area contributed by atoms with Crippen LogP contribution in [0.15, 0.2) is 36.4 Å². The van der Waals surface area contributed by atoms with Crippen molar-refractivity contribution in [2.24, 2.45) is 0 Å². The van der Waals surface area contributed by atoms with Crippen molar-refractivity contribution in [2.75, 3.05) is 0 Å². The molecule has 0 saturated heterocycles. The van der Waals surface area contributed by atoms with Gasteiger partial charge in [0.2, 0.25) is 0 Å². The van der Waals surface area contributed by atoms with E-state index in [-0.39, 0.29) is 18.2 Å². The second-order valence-corrected chi connectivity index (χ2v) is 4.28. The molecule has 104 valence electrons. The van der Waals surface area contributed by atoms with Crippen LogP contribution in [0.5, 0.6) is 5.75 Å². The number of hydrogen-bond acceptors (Lipinski definition) is 2. The molecule has 1 N–H and O–H groups in total. The zero-order valence-corrected chi connectivity index (χ0v) is 10.7. The van der Waals surface area contributed by atoms with Crippen molar-refractivity contribution in [2.45, 2.75) is 13.5 Å². The van der Waals surface area contributed by atoms with Gasteiger partial charge in [0.05, 0.1) is 0 Å². The third-order valence-electron chi connectivity index (χ3n) is 2.88. The molecule has 0 spiro atoms. The summed E-state index contributed by atoms with van der Waals surface area (Å²) in [6.45, 7) is 1.75. The van der Waals surface area contributed by atoms with Gasteiger partial charge in [-0.1, -0.05) is 12.1 Å². The summed E-state index contributed by atoms with van der Waals surface area (Å²) in [7, 11) is 0. The van der Waals surface area contributed by atoms with Crippen molar-refractivity contribution < 1.29 is 23.4 Å². The Morgan fingerprint density at radius 1 is 1.25 bits per heavy atom. The van der Waals surface area contributed by atoms with E-state index in [1.807, 2.05) is 0 Å². The van der Waals surface area contributed by atoms with Gasteiger partial charge in [-0.2, -0.15) is 0 Å². The molecule has 0 amide bonds. The van der Waals surface area contributed by atoms with Crippen molar-refractivity contribution in [1.82, 2.24) is 0 Å². The van der Waals surface area contributed by atoms with E-state index in [9.17, 15) is 13.6 Å². The first kappa shape index (κ1) is 14.0. The fourth-order valence-corrected chi connectivity index (χ4v) is 1.81.